The van der Waals surface area contributed by atoms with Crippen LogP contribution in [-0.4, -0.2) is 42.2 Å². The van der Waals surface area contributed by atoms with Gasteiger partial charge >= 0.3 is 0 Å². The van der Waals surface area contributed by atoms with E-state index in [4.69, 9.17) is 4.74 Å². The van der Waals surface area contributed by atoms with Crippen molar-refractivity contribution in [1.82, 2.24) is 20.2 Å². The van der Waals surface area contributed by atoms with Crippen molar-refractivity contribution in [2.45, 2.75) is 45.6 Å². The van der Waals surface area contributed by atoms with Gasteiger partial charge in [-0.25, -0.2) is 4.98 Å². The van der Waals surface area contributed by atoms with Crippen molar-refractivity contribution >= 4 is 5.91 Å². The van der Waals surface area contributed by atoms with Gasteiger partial charge in [-0.3, -0.25) is 4.79 Å². The second kappa shape index (κ2) is 9.73. The summed E-state index contributed by atoms with van der Waals surface area (Å²) in [5.41, 5.74) is 1.82. The van der Waals surface area contributed by atoms with E-state index in [0.29, 0.717) is 23.9 Å². The Morgan fingerprint density at radius 2 is 2.29 bits per heavy atom. The molecule has 6 heteroatoms. The third kappa shape index (κ3) is 5.13. The molecule has 6 nitrogen and oxygen atoms in total. The number of aryl methyl sites for hydroxylation is 1. The van der Waals surface area contributed by atoms with Crippen molar-refractivity contribution < 1.29 is 9.53 Å². The minimum atomic E-state index is -0.0248. The van der Waals surface area contributed by atoms with Gasteiger partial charge in [0.1, 0.15) is 11.6 Å². The fourth-order valence-electron chi connectivity index (χ4n) is 3.84. The van der Waals surface area contributed by atoms with Crippen LogP contribution in [0.2, 0.25) is 0 Å². The fourth-order valence-corrected chi connectivity index (χ4v) is 3.84. The van der Waals surface area contributed by atoms with E-state index < -0.39 is 0 Å². The van der Waals surface area contributed by atoms with Crippen LogP contribution in [0.4, 0.5) is 0 Å². The molecule has 1 aromatic heterocycles. The number of ether oxygens (including phenoxy) is 1. The molecule has 2 aromatic rings. The van der Waals surface area contributed by atoms with Gasteiger partial charge in [0.25, 0.3) is 5.91 Å². The van der Waals surface area contributed by atoms with Crippen molar-refractivity contribution in [3.8, 4) is 5.75 Å². The van der Waals surface area contributed by atoms with E-state index in [2.05, 4.69) is 34.0 Å². The van der Waals surface area contributed by atoms with Gasteiger partial charge in [0.05, 0.1) is 7.11 Å². The SMILES string of the molecule is COc1ccc(C(=O)NCCCn2ccnc2C(C)C)cc1CC1CCNC1. The van der Waals surface area contributed by atoms with E-state index in [1.807, 2.05) is 30.6 Å². The number of methoxy groups -OCH3 is 1. The van der Waals surface area contributed by atoms with E-state index in [-0.39, 0.29) is 5.91 Å². The summed E-state index contributed by atoms with van der Waals surface area (Å²) in [5, 5.41) is 6.44. The van der Waals surface area contributed by atoms with Gasteiger partial charge in [0.2, 0.25) is 0 Å². The van der Waals surface area contributed by atoms with Crippen LogP contribution in [0, 0.1) is 5.92 Å². The normalized spacial score (nSPS) is 16.5. The van der Waals surface area contributed by atoms with Gasteiger partial charge in [-0.05, 0) is 62.0 Å². The molecule has 2 heterocycles. The predicted molar refractivity (Wildman–Crippen MR) is 111 cm³/mol. The molecule has 0 bridgehead atoms. The highest BCUT2D eigenvalue weighted by atomic mass is 16.5. The van der Waals surface area contributed by atoms with Crippen molar-refractivity contribution in [3.63, 3.8) is 0 Å². The van der Waals surface area contributed by atoms with Gasteiger partial charge in [-0.1, -0.05) is 13.8 Å². The highest BCUT2D eigenvalue weighted by molar-refractivity contribution is 5.94. The van der Waals surface area contributed by atoms with E-state index in [0.717, 1.165) is 49.6 Å². The van der Waals surface area contributed by atoms with Crippen LogP contribution in [0.5, 0.6) is 5.75 Å². The average Bonchev–Trinajstić information content (AvgIpc) is 3.36. The Hall–Kier alpha value is -2.34. The van der Waals surface area contributed by atoms with E-state index in [9.17, 15) is 4.79 Å². The maximum absolute atomic E-state index is 12.6. The van der Waals surface area contributed by atoms with Gasteiger partial charge in [0, 0.05) is 37.0 Å². The molecule has 152 valence electrons. The van der Waals surface area contributed by atoms with Crippen LogP contribution in [-0.2, 0) is 13.0 Å². The van der Waals surface area contributed by atoms with Crippen LogP contribution in [0.15, 0.2) is 30.6 Å². The van der Waals surface area contributed by atoms with E-state index in [1.54, 1.807) is 7.11 Å². The first-order valence-electron chi connectivity index (χ1n) is 10.3. The average molecular weight is 385 g/mol. The summed E-state index contributed by atoms with van der Waals surface area (Å²) >= 11 is 0. The van der Waals surface area contributed by atoms with Gasteiger partial charge in [-0.15, -0.1) is 0 Å². The standard InChI is InChI=1S/C22H32N4O2/c1-16(2)21-24-10-12-26(21)11-4-8-25-22(27)18-5-6-20(28-3)19(14-18)13-17-7-9-23-15-17/h5-6,10,12,14,16-17,23H,4,7-9,11,13,15H2,1-3H3,(H,25,27). The van der Waals surface area contributed by atoms with Gasteiger partial charge in [-0.2, -0.15) is 0 Å². The predicted octanol–water partition coefficient (Wildman–Crippen LogP) is 2.99. The molecule has 0 aliphatic carbocycles. The fraction of sp³-hybridized carbons (Fsp3) is 0.545. The number of hydrogen-bond donors (Lipinski definition) is 2. The summed E-state index contributed by atoms with van der Waals surface area (Å²) in [5.74, 6) is 2.94. The summed E-state index contributed by atoms with van der Waals surface area (Å²) in [6.07, 6.45) is 6.83. The van der Waals surface area contributed by atoms with E-state index in [1.165, 1.54) is 6.42 Å². The third-order valence-electron chi connectivity index (χ3n) is 5.34. The summed E-state index contributed by atoms with van der Waals surface area (Å²) in [6, 6.07) is 5.74. The lowest BCUT2D eigenvalue weighted by Crippen LogP contribution is -2.25. The number of rotatable bonds is 9. The first-order valence-corrected chi connectivity index (χ1v) is 10.3. The number of imidazole rings is 1. The Labute approximate surface area is 167 Å². The van der Waals surface area contributed by atoms with Gasteiger partial charge < -0.3 is 19.9 Å². The number of hydrogen-bond acceptors (Lipinski definition) is 4. The number of nitrogens with one attached hydrogen (secondary N) is 2. The Balaban J connectivity index is 1.54. The molecule has 0 radical (unpaired) electrons. The van der Waals surface area contributed by atoms with Crippen LogP contribution in [0.3, 0.4) is 0 Å². The molecule has 28 heavy (non-hydrogen) atoms. The number of nitrogens with zero attached hydrogens (tertiary/aromatic N) is 2. The Bertz CT molecular complexity index is 779. The highest BCUT2D eigenvalue weighted by Gasteiger charge is 2.18. The van der Waals surface area contributed by atoms with Crippen LogP contribution < -0.4 is 15.4 Å². The molecule has 1 aliphatic rings. The summed E-state index contributed by atoms with van der Waals surface area (Å²) in [6.45, 7) is 7.89. The lowest BCUT2D eigenvalue weighted by molar-refractivity contribution is 0.0952. The molecule has 1 atom stereocenters. The van der Waals surface area contributed by atoms with Crippen LogP contribution in [0.1, 0.15) is 54.4 Å². The molecular weight excluding hydrogens is 352 g/mol. The molecule has 0 saturated carbocycles. The monoisotopic (exact) mass is 384 g/mol. The molecule has 0 spiro atoms. The van der Waals surface area contributed by atoms with Crippen molar-refractivity contribution in [2.75, 3.05) is 26.7 Å². The molecule has 1 fully saturated rings. The smallest absolute Gasteiger partial charge is 0.251 e. The Morgan fingerprint density at radius 3 is 3.00 bits per heavy atom. The first-order chi connectivity index (χ1) is 13.6. The quantitative estimate of drug-likeness (QED) is 0.652. The minimum absolute atomic E-state index is 0.0248. The Kier molecular flexibility index (Phi) is 7.09. The van der Waals surface area contributed by atoms with E-state index >= 15 is 0 Å². The number of aromatic nitrogens is 2. The molecule has 1 amide bonds. The molecule has 1 unspecified atom stereocenters. The lowest BCUT2D eigenvalue weighted by Gasteiger charge is -2.14. The maximum Gasteiger partial charge on any atom is 0.251 e. The molecule has 3 rings (SSSR count). The second-order valence-corrected chi connectivity index (χ2v) is 7.83. The zero-order valence-corrected chi connectivity index (χ0v) is 17.2. The summed E-state index contributed by atoms with van der Waals surface area (Å²) in [7, 11) is 1.69. The minimum Gasteiger partial charge on any atom is -0.496 e. The van der Waals surface area contributed by atoms with Crippen molar-refractivity contribution in [2.24, 2.45) is 5.92 Å². The zero-order chi connectivity index (χ0) is 19.9. The lowest BCUT2D eigenvalue weighted by atomic mass is 9.96. The second-order valence-electron chi connectivity index (χ2n) is 7.83. The summed E-state index contributed by atoms with van der Waals surface area (Å²) < 4.78 is 7.66. The number of carbonyl (C=O) groups excluding carboxylic acids is 1. The summed E-state index contributed by atoms with van der Waals surface area (Å²) in [4.78, 5) is 17.0. The third-order valence-corrected chi connectivity index (χ3v) is 5.34. The Morgan fingerprint density at radius 1 is 1.43 bits per heavy atom. The van der Waals surface area contributed by atoms with Crippen molar-refractivity contribution in [1.29, 1.82) is 0 Å². The maximum atomic E-state index is 12.6. The zero-order valence-electron chi connectivity index (χ0n) is 17.2. The molecule has 1 saturated heterocycles. The number of amides is 1. The molecule has 1 aliphatic heterocycles. The molecular formula is C22H32N4O2. The first kappa shape index (κ1) is 20.4. The number of carbonyl (C=O) groups is 1. The van der Waals surface area contributed by atoms with Gasteiger partial charge in [0.15, 0.2) is 0 Å². The van der Waals surface area contributed by atoms with Crippen LogP contribution in [0.25, 0.3) is 0 Å². The topological polar surface area (TPSA) is 68.2 Å². The number of benzene rings is 1. The molecule has 1 aromatic carbocycles. The van der Waals surface area contributed by atoms with Crippen LogP contribution >= 0.6 is 0 Å². The highest BCUT2D eigenvalue weighted by Crippen LogP contribution is 2.25. The largest absolute Gasteiger partial charge is 0.496 e. The van der Waals surface area contributed by atoms with Crippen molar-refractivity contribution in [3.05, 3.63) is 47.5 Å². The molecule has 2 N–H and O–H groups in total.